The lowest BCUT2D eigenvalue weighted by atomic mass is 10.0. The molecule has 5 N–H and O–H groups in total. The first-order valence-electron chi connectivity index (χ1n) is 8.51. The molecule has 1 aliphatic rings. The van der Waals surface area contributed by atoms with Crippen LogP contribution in [0.1, 0.15) is 5.56 Å². The van der Waals surface area contributed by atoms with Crippen LogP contribution in [-0.2, 0) is 11.3 Å². The van der Waals surface area contributed by atoms with Crippen LogP contribution >= 0.6 is 0 Å². The number of guanidine groups is 1. The molecule has 0 bridgehead atoms. The van der Waals surface area contributed by atoms with Gasteiger partial charge in [-0.25, -0.2) is 4.79 Å². The van der Waals surface area contributed by atoms with Crippen molar-refractivity contribution < 1.29 is 9.53 Å². The first kappa shape index (κ1) is 17.8. The second-order valence-electron chi connectivity index (χ2n) is 6.04. The Bertz CT molecular complexity index is 779. The summed E-state index contributed by atoms with van der Waals surface area (Å²) in [7, 11) is 0. The third kappa shape index (κ3) is 4.73. The fraction of sp³-hybridized carbons (Fsp3) is 0.263. The van der Waals surface area contributed by atoms with Crippen LogP contribution in [0.4, 0.5) is 10.5 Å². The second-order valence-corrected chi connectivity index (χ2v) is 6.04. The summed E-state index contributed by atoms with van der Waals surface area (Å²) in [6, 6.07) is 15.9. The summed E-state index contributed by atoms with van der Waals surface area (Å²) in [5.41, 5.74) is 14.8. The van der Waals surface area contributed by atoms with Crippen LogP contribution in [0.5, 0.6) is 0 Å². The maximum atomic E-state index is 11.5. The summed E-state index contributed by atoms with van der Waals surface area (Å²) in [6.07, 6.45) is 0. The summed E-state index contributed by atoms with van der Waals surface area (Å²) in [5, 5.41) is 2.66. The molecule has 136 valence electrons. The molecular weight excluding hydrogens is 330 g/mol. The number of hydrogen-bond donors (Lipinski definition) is 3. The Balaban J connectivity index is 1.67. The van der Waals surface area contributed by atoms with Gasteiger partial charge in [0.15, 0.2) is 5.96 Å². The highest BCUT2D eigenvalue weighted by molar-refractivity contribution is 5.90. The van der Waals surface area contributed by atoms with Gasteiger partial charge in [0.05, 0.1) is 13.2 Å². The Morgan fingerprint density at radius 1 is 1.08 bits per heavy atom. The summed E-state index contributed by atoms with van der Waals surface area (Å²) < 4.78 is 5.39. The van der Waals surface area contributed by atoms with Gasteiger partial charge in [-0.15, -0.1) is 0 Å². The molecule has 1 saturated heterocycles. The van der Waals surface area contributed by atoms with E-state index in [4.69, 9.17) is 16.2 Å². The van der Waals surface area contributed by atoms with Crippen molar-refractivity contribution in [2.45, 2.75) is 6.54 Å². The molecule has 2 aromatic carbocycles. The minimum Gasteiger partial charge on any atom is -0.378 e. The molecule has 2 amide bonds. The first-order chi connectivity index (χ1) is 12.6. The predicted octanol–water partition coefficient (Wildman–Crippen LogP) is 1.67. The number of nitrogens with one attached hydrogen (secondary N) is 1. The van der Waals surface area contributed by atoms with Gasteiger partial charge in [-0.1, -0.05) is 30.3 Å². The Morgan fingerprint density at radius 3 is 2.50 bits per heavy atom. The number of ether oxygens (including phenoxy) is 1. The van der Waals surface area contributed by atoms with Crippen LogP contribution < -0.4 is 21.7 Å². The van der Waals surface area contributed by atoms with Crippen LogP contribution in [0.3, 0.4) is 0 Å². The van der Waals surface area contributed by atoms with Crippen LogP contribution in [0.2, 0.25) is 0 Å². The van der Waals surface area contributed by atoms with Crippen LogP contribution in [0.25, 0.3) is 11.1 Å². The Labute approximate surface area is 152 Å². The largest absolute Gasteiger partial charge is 0.378 e. The Kier molecular flexibility index (Phi) is 5.70. The van der Waals surface area contributed by atoms with Crippen LogP contribution in [-0.4, -0.2) is 38.3 Å². The summed E-state index contributed by atoms with van der Waals surface area (Å²) in [5.74, 6) is -0.253. The lowest BCUT2D eigenvalue weighted by Crippen LogP contribution is -2.36. The van der Waals surface area contributed by atoms with Crippen molar-refractivity contribution in [3.8, 4) is 11.1 Å². The van der Waals surface area contributed by atoms with Crippen molar-refractivity contribution >= 4 is 17.7 Å². The minimum atomic E-state index is -0.551. The van der Waals surface area contributed by atoms with E-state index in [1.54, 1.807) is 0 Å². The second kappa shape index (κ2) is 8.35. The normalized spacial score (nSPS) is 13.9. The van der Waals surface area contributed by atoms with E-state index >= 15 is 0 Å². The summed E-state index contributed by atoms with van der Waals surface area (Å²) in [4.78, 5) is 17.3. The maximum absolute atomic E-state index is 11.5. The zero-order valence-corrected chi connectivity index (χ0v) is 14.5. The van der Waals surface area contributed by atoms with E-state index < -0.39 is 6.03 Å². The molecule has 2 aromatic rings. The number of nitrogens with zero attached hydrogens (tertiary/aromatic N) is 2. The molecule has 3 rings (SSSR count). The number of urea groups is 1. The molecule has 7 nitrogen and oxygen atoms in total. The van der Waals surface area contributed by atoms with Gasteiger partial charge in [0.1, 0.15) is 0 Å². The molecule has 1 fully saturated rings. The highest BCUT2D eigenvalue weighted by atomic mass is 16.5. The van der Waals surface area contributed by atoms with Crippen LogP contribution in [0.15, 0.2) is 53.5 Å². The number of rotatable bonds is 4. The van der Waals surface area contributed by atoms with E-state index in [9.17, 15) is 4.79 Å². The van der Waals surface area contributed by atoms with Crippen molar-refractivity contribution in [2.75, 3.05) is 31.2 Å². The summed E-state index contributed by atoms with van der Waals surface area (Å²) >= 11 is 0. The summed E-state index contributed by atoms with van der Waals surface area (Å²) in [6.45, 7) is 3.74. The van der Waals surface area contributed by atoms with E-state index in [1.165, 1.54) is 5.69 Å². The molecular formula is C19H23N5O2. The van der Waals surface area contributed by atoms with Gasteiger partial charge in [0, 0.05) is 25.3 Å². The Morgan fingerprint density at radius 2 is 1.81 bits per heavy atom. The van der Waals surface area contributed by atoms with E-state index in [0.717, 1.165) is 43.0 Å². The predicted molar refractivity (Wildman–Crippen MR) is 103 cm³/mol. The number of carbonyl (C=O) groups is 1. The van der Waals surface area contributed by atoms with Gasteiger partial charge in [-0.05, 0) is 34.9 Å². The monoisotopic (exact) mass is 353 g/mol. The molecule has 7 heteroatoms. The standard InChI is InChI=1S/C19H23N5O2/c20-18(21)23-19(25)22-13-14-2-1-3-16(12-14)15-4-6-17(7-5-15)24-8-10-26-11-9-24/h1-7,12H,8-11,13H2,(H5,20,21,22,23,25). The zero-order valence-electron chi connectivity index (χ0n) is 14.5. The van der Waals surface area contributed by atoms with Gasteiger partial charge in [0.25, 0.3) is 0 Å². The molecule has 0 saturated carbocycles. The molecule has 0 aromatic heterocycles. The van der Waals surface area contributed by atoms with Crippen molar-refractivity contribution in [1.82, 2.24) is 5.32 Å². The number of nitrogens with two attached hydrogens (primary N) is 2. The quantitative estimate of drug-likeness (QED) is 0.573. The molecule has 0 unspecified atom stereocenters. The average molecular weight is 353 g/mol. The van der Waals surface area contributed by atoms with Crippen molar-refractivity contribution in [2.24, 2.45) is 16.5 Å². The van der Waals surface area contributed by atoms with E-state index in [1.807, 2.05) is 24.3 Å². The van der Waals surface area contributed by atoms with E-state index in [-0.39, 0.29) is 5.96 Å². The number of carbonyl (C=O) groups excluding carboxylic acids is 1. The van der Waals surface area contributed by atoms with Crippen molar-refractivity contribution in [3.63, 3.8) is 0 Å². The molecule has 0 radical (unpaired) electrons. The van der Waals surface area contributed by atoms with Gasteiger partial charge in [-0.2, -0.15) is 4.99 Å². The zero-order chi connectivity index (χ0) is 18.4. The number of hydrogen-bond acceptors (Lipinski definition) is 3. The van der Waals surface area contributed by atoms with Gasteiger partial charge in [0.2, 0.25) is 0 Å². The molecule has 26 heavy (non-hydrogen) atoms. The number of benzene rings is 2. The lowest BCUT2D eigenvalue weighted by molar-refractivity contribution is 0.122. The smallest absolute Gasteiger partial charge is 0.344 e. The molecule has 0 atom stereocenters. The van der Waals surface area contributed by atoms with E-state index in [2.05, 4.69) is 39.5 Å². The molecule has 0 aliphatic carbocycles. The molecule has 0 spiro atoms. The molecule has 1 aliphatic heterocycles. The van der Waals surface area contributed by atoms with Crippen molar-refractivity contribution in [1.29, 1.82) is 0 Å². The third-order valence-electron chi connectivity index (χ3n) is 4.18. The molecule has 1 heterocycles. The SMILES string of the molecule is NC(N)=NC(=O)NCc1cccc(-c2ccc(N3CCOCC3)cc2)c1. The van der Waals surface area contributed by atoms with Gasteiger partial charge >= 0.3 is 6.03 Å². The van der Waals surface area contributed by atoms with Crippen LogP contribution in [0, 0.1) is 0 Å². The Hall–Kier alpha value is -3.06. The number of amides is 2. The minimum absolute atomic E-state index is 0.253. The average Bonchev–Trinajstić information content (AvgIpc) is 2.67. The van der Waals surface area contributed by atoms with E-state index in [0.29, 0.717) is 6.54 Å². The fourth-order valence-electron chi connectivity index (χ4n) is 2.88. The number of aliphatic imine (C=N–C) groups is 1. The maximum Gasteiger partial charge on any atom is 0.344 e. The number of morpholine rings is 1. The van der Waals surface area contributed by atoms with Gasteiger partial charge < -0.3 is 26.4 Å². The highest BCUT2D eigenvalue weighted by Gasteiger charge is 2.11. The fourth-order valence-corrected chi connectivity index (χ4v) is 2.88. The topological polar surface area (TPSA) is 106 Å². The van der Waals surface area contributed by atoms with Crippen molar-refractivity contribution in [3.05, 3.63) is 54.1 Å². The van der Waals surface area contributed by atoms with Gasteiger partial charge in [-0.3, -0.25) is 0 Å². The number of anilines is 1. The lowest BCUT2D eigenvalue weighted by Gasteiger charge is -2.28. The first-order valence-corrected chi connectivity index (χ1v) is 8.51. The highest BCUT2D eigenvalue weighted by Crippen LogP contribution is 2.24. The third-order valence-corrected chi connectivity index (χ3v) is 4.18.